The number of carbonyl (C=O) groups excluding carboxylic acids is 1. The molecule has 4 aromatic rings. The van der Waals surface area contributed by atoms with Gasteiger partial charge in [-0.3, -0.25) is 9.48 Å². The van der Waals surface area contributed by atoms with Gasteiger partial charge in [-0.1, -0.05) is 13.0 Å². The number of hydrogen-bond acceptors (Lipinski definition) is 11. The summed E-state index contributed by atoms with van der Waals surface area (Å²) in [5, 5.41) is 21.4. The monoisotopic (exact) mass is 649 g/mol. The fourth-order valence-corrected chi connectivity index (χ4v) is 4.30. The van der Waals surface area contributed by atoms with Crippen LogP contribution in [-0.2, 0) is 28.4 Å². The van der Waals surface area contributed by atoms with E-state index in [2.05, 4.69) is 36.0 Å². The third kappa shape index (κ3) is 8.48. The molecule has 1 amide bonds. The highest BCUT2D eigenvalue weighted by Crippen LogP contribution is 2.37. The molecule has 0 saturated heterocycles. The molecule has 5 N–H and O–H groups in total. The van der Waals surface area contributed by atoms with Crippen LogP contribution in [0.25, 0.3) is 11.3 Å². The van der Waals surface area contributed by atoms with Crippen molar-refractivity contribution in [3.63, 3.8) is 0 Å². The summed E-state index contributed by atoms with van der Waals surface area (Å²) in [6.07, 6.45) is -1.05. The highest BCUT2D eigenvalue weighted by molar-refractivity contribution is 7.32. The van der Waals surface area contributed by atoms with E-state index in [9.17, 15) is 27.6 Å². The van der Waals surface area contributed by atoms with E-state index < -0.39 is 31.7 Å². The predicted octanol–water partition coefficient (Wildman–Crippen LogP) is 4.40. The summed E-state index contributed by atoms with van der Waals surface area (Å²) in [6.45, 7) is 2.08. The molecule has 0 spiro atoms. The number of aliphatic hydroxyl groups is 1. The first-order valence-corrected chi connectivity index (χ1v) is 14.4. The highest BCUT2D eigenvalue weighted by Gasteiger charge is 2.36. The molecule has 0 aliphatic carbocycles. The van der Waals surface area contributed by atoms with E-state index in [1.165, 1.54) is 44.6 Å². The lowest BCUT2D eigenvalue weighted by atomic mass is 10.1. The lowest BCUT2D eigenvalue weighted by molar-refractivity contribution is -0.137. The fourth-order valence-electron chi connectivity index (χ4n) is 4.04. The Kier molecular flexibility index (Phi) is 10.6. The van der Waals surface area contributed by atoms with Crippen molar-refractivity contribution in [2.24, 2.45) is 5.92 Å². The summed E-state index contributed by atoms with van der Waals surface area (Å²) in [6, 6.07) is 7.48. The normalized spacial score (nSPS) is 12.4. The van der Waals surface area contributed by atoms with E-state index in [4.69, 9.17) is 14.2 Å². The minimum atomic E-state index is -4.85. The van der Waals surface area contributed by atoms with Gasteiger partial charge in [-0.15, -0.1) is 9.42 Å². The number of halogens is 3. The van der Waals surface area contributed by atoms with Gasteiger partial charge in [0.2, 0.25) is 5.95 Å². The smallest absolute Gasteiger partial charge is 0.495 e. The number of nitrogens with zero attached hydrogens (tertiary/aromatic N) is 5. The average molecular weight is 650 g/mol. The molecule has 2 atom stereocenters. The molecule has 0 bridgehead atoms. The van der Waals surface area contributed by atoms with Crippen LogP contribution in [0.5, 0.6) is 5.75 Å². The van der Waals surface area contributed by atoms with Gasteiger partial charge in [0.15, 0.2) is 5.69 Å². The molecule has 238 valence electrons. The maximum absolute atomic E-state index is 14.0. The minimum absolute atomic E-state index is 0.0279. The molecule has 2 unspecified atom stereocenters. The van der Waals surface area contributed by atoms with Gasteiger partial charge in [-0.05, 0) is 35.7 Å². The zero-order chi connectivity index (χ0) is 32.7. The SMILES string of the molecule is CNC(=O)c1nc(-c2cnn(CC(C)CO)c2)ccc1Nc1nc(Nc2ccc(CO[P+](=O)O)cc2OC)ncc1C(F)(F)F. The van der Waals surface area contributed by atoms with Gasteiger partial charge in [0.25, 0.3) is 5.91 Å². The van der Waals surface area contributed by atoms with Crippen LogP contribution in [0.15, 0.2) is 48.9 Å². The Labute approximate surface area is 255 Å². The molecule has 18 heteroatoms. The number of benzene rings is 1. The van der Waals surface area contributed by atoms with Crippen molar-refractivity contribution >= 4 is 37.3 Å². The number of methoxy groups -OCH3 is 1. The third-order valence-electron chi connectivity index (χ3n) is 6.28. The second-order valence-corrected chi connectivity index (χ2v) is 10.4. The summed E-state index contributed by atoms with van der Waals surface area (Å²) in [5.74, 6) is -1.36. The second kappa shape index (κ2) is 14.4. The number of amides is 1. The summed E-state index contributed by atoms with van der Waals surface area (Å²) in [5.41, 5.74) is 0.224. The molecule has 14 nitrogen and oxygen atoms in total. The number of pyridine rings is 1. The molecule has 0 aliphatic rings. The number of aromatic nitrogens is 5. The van der Waals surface area contributed by atoms with Crippen LogP contribution in [0, 0.1) is 5.92 Å². The lowest BCUT2D eigenvalue weighted by Crippen LogP contribution is -2.21. The van der Waals surface area contributed by atoms with Crippen LogP contribution in [0.3, 0.4) is 0 Å². The van der Waals surface area contributed by atoms with Crippen LogP contribution in [0.2, 0.25) is 0 Å². The van der Waals surface area contributed by atoms with Gasteiger partial charge < -0.3 is 25.8 Å². The van der Waals surface area contributed by atoms with Gasteiger partial charge in [0.1, 0.15) is 23.7 Å². The van der Waals surface area contributed by atoms with Gasteiger partial charge >= 0.3 is 14.4 Å². The quantitative estimate of drug-likeness (QED) is 0.129. The van der Waals surface area contributed by atoms with Gasteiger partial charge in [0, 0.05) is 42.7 Å². The number of alkyl halides is 3. The Morgan fingerprint density at radius 3 is 2.56 bits per heavy atom. The number of nitrogens with one attached hydrogen (secondary N) is 3. The lowest BCUT2D eigenvalue weighted by Gasteiger charge is -2.17. The van der Waals surface area contributed by atoms with E-state index in [0.717, 1.165) is 0 Å². The van der Waals surface area contributed by atoms with Gasteiger partial charge in [-0.25, -0.2) is 9.97 Å². The Hall–Kier alpha value is -4.70. The number of carbonyl (C=O) groups is 1. The first-order chi connectivity index (χ1) is 21.4. The third-order valence-corrected chi connectivity index (χ3v) is 6.63. The van der Waals surface area contributed by atoms with E-state index in [0.29, 0.717) is 29.6 Å². The second-order valence-electron chi connectivity index (χ2n) is 9.66. The van der Waals surface area contributed by atoms with Crippen molar-refractivity contribution in [1.29, 1.82) is 0 Å². The fraction of sp³-hybridized carbons (Fsp3) is 0.296. The largest absolute Gasteiger partial charge is 0.695 e. The van der Waals surface area contributed by atoms with E-state index in [1.54, 1.807) is 16.9 Å². The molecular formula is C27H29F3N8O6P+. The van der Waals surface area contributed by atoms with Crippen LogP contribution < -0.4 is 20.7 Å². The number of rotatable bonds is 13. The standard InChI is InChI=1S/C27H28F3N8O6P/c1-15(13-39)11-38-12-17(9-33-38)19-6-7-21(23(34-19)25(40)31-2)35-24-18(27(28,29)30)10-32-26(37-24)36-20-5-4-16(8-22(20)43-3)14-44-45(41)42/h4-10,12,15,39H,11,13-14H2,1-3H3,(H3-,31,32,35,36,37,40,41,42)/p+1. The van der Waals surface area contributed by atoms with Crippen molar-refractivity contribution in [1.82, 2.24) is 30.0 Å². The molecule has 0 fully saturated rings. The molecule has 45 heavy (non-hydrogen) atoms. The van der Waals surface area contributed by atoms with E-state index in [-0.39, 0.29) is 47.9 Å². The van der Waals surface area contributed by atoms with Crippen molar-refractivity contribution in [2.45, 2.75) is 26.3 Å². The molecule has 1 aromatic carbocycles. The summed E-state index contributed by atoms with van der Waals surface area (Å²) < 4.78 is 64.5. The maximum Gasteiger partial charge on any atom is 0.695 e. The first kappa shape index (κ1) is 33.2. The number of hydrogen-bond donors (Lipinski definition) is 5. The molecule has 0 aliphatic heterocycles. The van der Waals surface area contributed by atoms with Gasteiger partial charge in [0.05, 0.1) is 30.4 Å². The molecule has 3 aromatic heterocycles. The highest BCUT2D eigenvalue weighted by atomic mass is 31.1. The van der Waals surface area contributed by atoms with E-state index >= 15 is 0 Å². The number of anilines is 4. The van der Waals surface area contributed by atoms with Crippen LogP contribution in [0.4, 0.5) is 36.3 Å². The van der Waals surface area contributed by atoms with Crippen molar-refractivity contribution in [2.75, 3.05) is 31.4 Å². The Bertz CT molecular complexity index is 1690. The minimum Gasteiger partial charge on any atom is -0.495 e. The maximum atomic E-state index is 14.0. The Balaban J connectivity index is 1.67. The Morgan fingerprint density at radius 2 is 1.89 bits per heavy atom. The molecular weight excluding hydrogens is 620 g/mol. The van der Waals surface area contributed by atoms with Crippen molar-refractivity contribution in [3.05, 3.63) is 65.7 Å². The zero-order valence-corrected chi connectivity index (χ0v) is 25.1. The molecule has 0 saturated carbocycles. The first-order valence-electron chi connectivity index (χ1n) is 13.2. The summed E-state index contributed by atoms with van der Waals surface area (Å²) >= 11 is 0. The average Bonchev–Trinajstić information content (AvgIpc) is 3.48. The summed E-state index contributed by atoms with van der Waals surface area (Å²) in [4.78, 5) is 33.9. The zero-order valence-electron chi connectivity index (χ0n) is 24.2. The topological polar surface area (TPSA) is 186 Å². The predicted molar refractivity (Wildman–Crippen MR) is 156 cm³/mol. The number of ether oxygens (including phenoxy) is 1. The van der Waals surface area contributed by atoms with Crippen molar-refractivity contribution in [3.8, 4) is 17.0 Å². The summed E-state index contributed by atoms with van der Waals surface area (Å²) in [7, 11) is -0.0987. The van der Waals surface area contributed by atoms with E-state index in [1.807, 2.05) is 6.92 Å². The van der Waals surface area contributed by atoms with Crippen LogP contribution in [-0.4, -0.2) is 61.4 Å². The Morgan fingerprint density at radius 1 is 1.13 bits per heavy atom. The van der Waals surface area contributed by atoms with Crippen molar-refractivity contribution < 1.29 is 41.8 Å². The van der Waals surface area contributed by atoms with Gasteiger partial charge in [-0.2, -0.15) is 23.3 Å². The van der Waals surface area contributed by atoms with Crippen LogP contribution in [0.1, 0.15) is 28.5 Å². The molecule has 0 radical (unpaired) electrons. The molecule has 3 heterocycles. The molecule has 4 rings (SSSR count). The van der Waals surface area contributed by atoms with Crippen LogP contribution >= 0.6 is 8.25 Å². The number of aliphatic hydroxyl groups excluding tert-OH is 1.